The summed E-state index contributed by atoms with van der Waals surface area (Å²) in [6.07, 6.45) is 1.74. The van der Waals surface area contributed by atoms with Crippen molar-refractivity contribution in [3.8, 4) is 0 Å². The van der Waals surface area contributed by atoms with Crippen LogP contribution in [0.5, 0.6) is 0 Å². The molecule has 0 aliphatic rings. The number of hydrogen-bond acceptors (Lipinski definition) is 3. The van der Waals surface area contributed by atoms with Gasteiger partial charge in [0.1, 0.15) is 0 Å². The van der Waals surface area contributed by atoms with Crippen molar-refractivity contribution in [2.24, 2.45) is 5.73 Å². The standard InChI is InChI=1S/C12H27N3O.2ClH/c1-6-12(7-2,9-13)14-11(16)8-15(5)10(3)4;;/h10H,6-9,13H2,1-5H3,(H,14,16);2*1H. The molecule has 0 saturated carbocycles. The minimum Gasteiger partial charge on any atom is -0.348 e. The Kier molecular flexibility index (Phi) is 13.9. The second-order valence-corrected chi connectivity index (χ2v) is 4.75. The van der Waals surface area contributed by atoms with Crippen molar-refractivity contribution in [3.63, 3.8) is 0 Å². The first-order chi connectivity index (χ1) is 7.40. The van der Waals surface area contributed by atoms with E-state index in [2.05, 4.69) is 33.0 Å². The molecule has 0 bridgehead atoms. The molecule has 18 heavy (non-hydrogen) atoms. The van der Waals surface area contributed by atoms with E-state index in [-0.39, 0.29) is 36.3 Å². The summed E-state index contributed by atoms with van der Waals surface area (Å²) >= 11 is 0. The number of nitrogens with one attached hydrogen (secondary N) is 1. The summed E-state index contributed by atoms with van der Waals surface area (Å²) in [5, 5.41) is 3.06. The second-order valence-electron chi connectivity index (χ2n) is 4.75. The fraction of sp³-hybridized carbons (Fsp3) is 0.917. The van der Waals surface area contributed by atoms with E-state index in [1.165, 1.54) is 0 Å². The lowest BCUT2D eigenvalue weighted by molar-refractivity contribution is -0.124. The number of likely N-dealkylation sites (N-methyl/N-ethyl adjacent to an activating group) is 1. The van der Waals surface area contributed by atoms with Crippen LogP contribution < -0.4 is 11.1 Å². The molecule has 0 saturated heterocycles. The number of amides is 1. The van der Waals surface area contributed by atoms with Crippen LogP contribution in [0.25, 0.3) is 0 Å². The summed E-state index contributed by atoms with van der Waals surface area (Å²) < 4.78 is 0. The summed E-state index contributed by atoms with van der Waals surface area (Å²) in [6.45, 7) is 9.19. The van der Waals surface area contributed by atoms with Gasteiger partial charge in [0.15, 0.2) is 0 Å². The van der Waals surface area contributed by atoms with Gasteiger partial charge in [0.25, 0.3) is 0 Å². The summed E-state index contributed by atoms with van der Waals surface area (Å²) in [6, 6.07) is 0.376. The highest BCUT2D eigenvalue weighted by atomic mass is 35.5. The van der Waals surface area contributed by atoms with Gasteiger partial charge in [0, 0.05) is 12.6 Å². The van der Waals surface area contributed by atoms with Crippen LogP contribution in [-0.2, 0) is 4.79 Å². The van der Waals surface area contributed by atoms with Gasteiger partial charge in [0.05, 0.1) is 12.1 Å². The molecule has 0 aliphatic heterocycles. The van der Waals surface area contributed by atoms with Crippen molar-refractivity contribution in [1.29, 1.82) is 0 Å². The van der Waals surface area contributed by atoms with Gasteiger partial charge in [-0.2, -0.15) is 0 Å². The Hall–Kier alpha value is -0.0300. The van der Waals surface area contributed by atoms with Crippen molar-refractivity contribution in [1.82, 2.24) is 10.2 Å². The third kappa shape index (κ3) is 7.41. The average molecular weight is 302 g/mol. The van der Waals surface area contributed by atoms with Gasteiger partial charge in [0.2, 0.25) is 5.91 Å². The molecule has 0 aliphatic carbocycles. The third-order valence-corrected chi connectivity index (χ3v) is 3.42. The molecular weight excluding hydrogens is 273 g/mol. The van der Waals surface area contributed by atoms with Crippen molar-refractivity contribution >= 4 is 30.7 Å². The molecule has 3 N–H and O–H groups in total. The van der Waals surface area contributed by atoms with Crippen LogP contribution in [0.15, 0.2) is 0 Å². The van der Waals surface area contributed by atoms with E-state index in [0.717, 1.165) is 12.8 Å². The highest BCUT2D eigenvalue weighted by Gasteiger charge is 2.26. The van der Waals surface area contributed by atoms with Gasteiger partial charge < -0.3 is 11.1 Å². The number of hydrogen-bond donors (Lipinski definition) is 2. The Morgan fingerprint density at radius 1 is 1.28 bits per heavy atom. The van der Waals surface area contributed by atoms with E-state index in [1.54, 1.807) is 0 Å². The quantitative estimate of drug-likeness (QED) is 0.754. The molecule has 4 nitrogen and oxygen atoms in total. The summed E-state index contributed by atoms with van der Waals surface area (Å²) in [4.78, 5) is 13.9. The van der Waals surface area contributed by atoms with Gasteiger partial charge in [-0.15, -0.1) is 24.8 Å². The van der Waals surface area contributed by atoms with Gasteiger partial charge in [-0.05, 0) is 33.7 Å². The lowest BCUT2D eigenvalue weighted by Gasteiger charge is -2.32. The largest absolute Gasteiger partial charge is 0.348 e. The average Bonchev–Trinajstić information content (AvgIpc) is 2.26. The zero-order chi connectivity index (χ0) is 12.8. The minimum absolute atomic E-state index is 0. The van der Waals surface area contributed by atoms with Gasteiger partial charge in [-0.1, -0.05) is 13.8 Å². The molecule has 0 fully saturated rings. The van der Waals surface area contributed by atoms with Gasteiger partial charge in [-0.25, -0.2) is 0 Å². The van der Waals surface area contributed by atoms with Crippen molar-refractivity contribution < 1.29 is 4.79 Å². The Morgan fingerprint density at radius 2 is 1.72 bits per heavy atom. The van der Waals surface area contributed by atoms with Crippen molar-refractivity contribution in [3.05, 3.63) is 0 Å². The predicted molar refractivity (Wildman–Crippen MR) is 82.8 cm³/mol. The molecule has 1 amide bonds. The molecular formula is C12H29Cl2N3O. The van der Waals surface area contributed by atoms with E-state index in [9.17, 15) is 4.79 Å². The fourth-order valence-electron chi connectivity index (χ4n) is 1.51. The van der Waals surface area contributed by atoms with Crippen LogP contribution in [0.4, 0.5) is 0 Å². The van der Waals surface area contributed by atoms with Crippen LogP contribution in [-0.4, -0.2) is 42.5 Å². The van der Waals surface area contributed by atoms with Crippen molar-refractivity contribution in [2.45, 2.75) is 52.1 Å². The molecule has 0 radical (unpaired) electrons. The number of nitrogens with two attached hydrogens (primary N) is 1. The minimum atomic E-state index is -0.227. The monoisotopic (exact) mass is 301 g/mol. The summed E-state index contributed by atoms with van der Waals surface area (Å²) in [5.74, 6) is 0.0605. The maximum atomic E-state index is 11.8. The molecule has 0 atom stereocenters. The first-order valence-corrected chi connectivity index (χ1v) is 6.12. The molecule has 0 aromatic carbocycles. The second kappa shape index (κ2) is 10.9. The molecule has 6 heteroatoms. The van der Waals surface area contributed by atoms with Gasteiger partial charge >= 0.3 is 0 Å². The van der Waals surface area contributed by atoms with Crippen molar-refractivity contribution in [2.75, 3.05) is 20.1 Å². The van der Waals surface area contributed by atoms with E-state index in [1.807, 2.05) is 11.9 Å². The Balaban J connectivity index is -0.00000112. The van der Waals surface area contributed by atoms with Gasteiger partial charge in [-0.3, -0.25) is 9.69 Å². The van der Waals surface area contributed by atoms with E-state index < -0.39 is 0 Å². The highest BCUT2D eigenvalue weighted by molar-refractivity contribution is 5.85. The normalized spacial score (nSPS) is 10.9. The first-order valence-electron chi connectivity index (χ1n) is 6.12. The number of carbonyl (C=O) groups is 1. The maximum absolute atomic E-state index is 11.8. The van der Waals surface area contributed by atoms with E-state index >= 15 is 0 Å². The smallest absolute Gasteiger partial charge is 0.234 e. The van der Waals surface area contributed by atoms with Crippen LogP contribution in [0.1, 0.15) is 40.5 Å². The van der Waals surface area contributed by atoms with Crippen LogP contribution in [0.3, 0.4) is 0 Å². The van der Waals surface area contributed by atoms with Crippen LogP contribution in [0, 0.1) is 0 Å². The van der Waals surface area contributed by atoms with E-state index in [4.69, 9.17) is 5.73 Å². The summed E-state index contributed by atoms with van der Waals surface area (Å²) in [7, 11) is 1.95. The topological polar surface area (TPSA) is 58.4 Å². The number of rotatable bonds is 7. The third-order valence-electron chi connectivity index (χ3n) is 3.42. The van der Waals surface area contributed by atoms with Crippen LogP contribution in [0.2, 0.25) is 0 Å². The molecule has 0 spiro atoms. The summed E-state index contributed by atoms with van der Waals surface area (Å²) in [5.41, 5.74) is 5.51. The lowest BCUT2D eigenvalue weighted by Crippen LogP contribution is -2.55. The first kappa shape index (κ1) is 23.1. The lowest BCUT2D eigenvalue weighted by atomic mass is 9.93. The highest BCUT2D eigenvalue weighted by Crippen LogP contribution is 2.12. The maximum Gasteiger partial charge on any atom is 0.234 e. The molecule has 0 heterocycles. The fourth-order valence-corrected chi connectivity index (χ4v) is 1.51. The SMILES string of the molecule is CCC(CC)(CN)NC(=O)CN(C)C(C)C.Cl.Cl. The zero-order valence-electron chi connectivity index (χ0n) is 12.2. The molecule has 0 aromatic heterocycles. The Morgan fingerprint density at radius 3 is 2.00 bits per heavy atom. The molecule has 0 rings (SSSR count). The molecule has 0 aromatic rings. The number of halogens is 2. The Labute approximate surface area is 124 Å². The number of nitrogens with zero attached hydrogens (tertiary/aromatic N) is 1. The number of carbonyl (C=O) groups excluding carboxylic acids is 1. The zero-order valence-corrected chi connectivity index (χ0v) is 13.8. The Bertz CT molecular complexity index is 213. The molecule has 0 unspecified atom stereocenters. The van der Waals surface area contributed by atoms with E-state index in [0.29, 0.717) is 19.1 Å². The van der Waals surface area contributed by atoms with Crippen LogP contribution >= 0.6 is 24.8 Å². The molecule has 112 valence electrons. The predicted octanol–water partition coefficient (Wildman–Crippen LogP) is 1.80.